The smallest absolute Gasteiger partial charge is 0.273 e. The third-order valence-electron chi connectivity index (χ3n) is 4.15. The minimum atomic E-state index is -0.504. The third kappa shape index (κ3) is 4.32. The average molecular weight is 377 g/mol. The lowest BCUT2D eigenvalue weighted by Crippen LogP contribution is -2.20. The molecule has 0 aliphatic carbocycles. The number of hydrazone groups is 1. The van der Waals surface area contributed by atoms with Crippen molar-refractivity contribution in [2.75, 3.05) is 6.61 Å². The van der Waals surface area contributed by atoms with Gasteiger partial charge < -0.3 is 4.74 Å². The van der Waals surface area contributed by atoms with Gasteiger partial charge in [-0.2, -0.15) is 5.10 Å². The van der Waals surface area contributed by atoms with E-state index < -0.39 is 10.8 Å². The van der Waals surface area contributed by atoms with Crippen LogP contribution in [0.4, 0.5) is 5.69 Å². The van der Waals surface area contributed by atoms with Crippen LogP contribution < -0.4 is 10.2 Å². The Bertz CT molecular complexity index is 1050. The predicted molar refractivity (Wildman–Crippen MR) is 108 cm³/mol. The molecule has 7 heteroatoms. The van der Waals surface area contributed by atoms with Gasteiger partial charge in [0.05, 0.1) is 24.2 Å². The molecule has 0 saturated carbocycles. The number of carbonyl (C=O) groups is 1. The Kier molecular flexibility index (Phi) is 5.96. The van der Waals surface area contributed by atoms with Gasteiger partial charge in [-0.3, -0.25) is 14.9 Å². The highest BCUT2D eigenvalue weighted by Gasteiger charge is 2.15. The molecule has 0 aliphatic heterocycles. The standard InChI is InChI=1S/C21H19N3O4/c1-2-28-20-12-11-15-7-3-5-9-17(15)18(20)14-22-23-21(25)13-16-8-4-6-10-19(16)24(26)27/h3-12,14H,2,13H2,1H3,(H,23,25). The van der Waals surface area contributed by atoms with Crippen LogP contribution in [0.25, 0.3) is 10.8 Å². The van der Waals surface area contributed by atoms with Crippen molar-refractivity contribution in [3.05, 3.63) is 81.9 Å². The van der Waals surface area contributed by atoms with Gasteiger partial charge in [0.25, 0.3) is 5.69 Å². The molecule has 0 bridgehead atoms. The van der Waals surface area contributed by atoms with Gasteiger partial charge in [-0.25, -0.2) is 5.43 Å². The van der Waals surface area contributed by atoms with Crippen molar-refractivity contribution in [1.82, 2.24) is 5.43 Å². The van der Waals surface area contributed by atoms with Gasteiger partial charge in [-0.05, 0) is 23.8 Å². The molecular formula is C21H19N3O4. The van der Waals surface area contributed by atoms with Crippen molar-refractivity contribution in [2.45, 2.75) is 13.3 Å². The summed E-state index contributed by atoms with van der Waals surface area (Å²) in [7, 11) is 0. The zero-order chi connectivity index (χ0) is 19.9. The Labute approximate surface area is 161 Å². The van der Waals surface area contributed by atoms with Crippen molar-refractivity contribution in [2.24, 2.45) is 5.10 Å². The largest absolute Gasteiger partial charge is 0.493 e. The van der Waals surface area contributed by atoms with Gasteiger partial charge in [0.1, 0.15) is 5.75 Å². The van der Waals surface area contributed by atoms with Crippen molar-refractivity contribution in [3.8, 4) is 5.75 Å². The first kappa shape index (κ1) is 19.0. The molecule has 0 unspecified atom stereocenters. The van der Waals surface area contributed by atoms with E-state index in [-0.39, 0.29) is 12.1 Å². The highest BCUT2D eigenvalue weighted by atomic mass is 16.6. The van der Waals surface area contributed by atoms with Gasteiger partial charge in [-0.1, -0.05) is 48.5 Å². The monoisotopic (exact) mass is 377 g/mol. The van der Waals surface area contributed by atoms with Crippen LogP contribution in [0.5, 0.6) is 5.75 Å². The molecule has 0 spiro atoms. The molecule has 1 N–H and O–H groups in total. The van der Waals surface area contributed by atoms with E-state index in [0.29, 0.717) is 17.9 Å². The summed E-state index contributed by atoms with van der Waals surface area (Å²) < 4.78 is 5.66. The molecule has 142 valence electrons. The number of rotatable bonds is 7. The second-order valence-electron chi connectivity index (χ2n) is 5.99. The molecule has 0 saturated heterocycles. The average Bonchev–Trinajstić information content (AvgIpc) is 2.69. The summed E-state index contributed by atoms with van der Waals surface area (Å²) in [5, 5.41) is 17.1. The molecule has 0 heterocycles. The number of fused-ring (bicyclic) bond motifs is 1. The summed E-state index contributed by atoms with van der Waals surface area (Å²) in [5.74, 6) is 0.224. The number of ether oxygens (including phenoxy) is 1. The molecule has 0 fully saturated rings. The van der Waals surface area contributed by atoms with E-state index in [4.69, 9.17) is 4.74 Å². The molecule has 7 nitrogen and oxygen atoms in total. The molecule has 0 aliphatic rings. The van der Waals surface area contributed by atoms with Crippen LogP contribution in [-0.4, -0.2) is 23.7 Å². The van der Waals surface area contributed by atoms with E-state index >= 15 is 0 Å². The second-order valence-corrected chi connectivity index (χ2v) is 5.99. The van der Waals surface area contributed by atoms with Gasteiger partial charge in [0.2, 0.25) is 5.91 Å². The quantitative estimate of drug-likeness (QED) is 0.384. The van der Waals surface area contributed by atoms with Crippen LogP contribution in [-0.2, 0) is 11.2 Å². The number of nitro benzene ring substituents is 1. The normalized spacial score (nSPS) is 10.9. The van der Waals surface area contributed by atoms with Gasteiger partial charge in [-0.15, -0.1) is 0 Å². The summed E-state index contributed by atoms with van der Waals surface area (Å²) in [5.41, 5.74) is 3.43. The summed E-state index contributed by atoms with van der Waals surface area (Å²) in [6.45, 7) is 2.40. The molecular weight excluding hydrogens is 358 g/mol. The summed E-state index contributed by atoms with van der Waals surface area (Å²) in [6, 6.07) is 17.8. The maximum atomic E-state index is 12.2. The fourth-order valence-electron chi connectivity index (χ4n) is 2.91. The zero-order valence-corrected chi connectivity index (χ0v) is 15.3. The van der Waals surface area contributed by atoms with Crippen LogP contribution in [0, 0.1) is 10.1 Å². The van der Waals surface area contributed by atoms with Gasteiger partial charge >= 0.3 is 0 Å². The van der Waals surface area contributed by atoms with Crippen molar-refractivity contribution in [3.63, 3.8) is 0 Å². The first-order valence-corrected chi connectivity index (χ1v) is 8.79. The summed E-state index contributed by atoms with van der Waals surface area (Å²) in [6.07, 6.45) is 1.40. The number of nitrogens with one attached hydrogen (secondary N) is 1. The van der Waals surface area contributed by atoms with E-state index in [1.807, 2.05) is 43.3 Å². The van der Waals surface area contributed by atoms with Crippen LogP contribution in [0.1, 0.15) is 18.1 Å². The molecule has 3 aromatic rings. The number of carbonyl (C=O) groups excluding carboxylic acids is 1. The van der Waals surface area contributed by atoms with E-state index in [0.717, 1.165) is 16.3 Å². The number of hydrogen-bond acceptors (Lipinski definition) is 5. The first-order valence-electron chi connectivity index (χ1n) is 8.79. The highest BCUT2D eigenvalue weighted by molar-refractivity contribution is 6.02. The summed E-state index contributed by atoms with van der Waals surface area (Å²) in [4.78, 5) is 22.7. The van der Waals surface area contributed by atoms with Crippen LogP contribution in [0.3, 0.4) is 0 Å². The van der Waals surface area contributed by atoms with Crippen LogP contribution in [0.15, 0.2) is 65.8 Å². The molecule has 0 radical (unpaired) electrons. The Morgan fingerprint density at radius 1 is 1.14 bits per heavy atom. The van der Waals surface area contributed by atoms with Crippen molar-refractivity contribution in [1.29, 1.82) is 0 Å². The molecule has 1 amide bonds. The number of nitrogens with zero attached hydrogens (tertiary/aromatic N) is 2. The minimum Gasteiger partial charge on any atom is -0.493 e. The number of amides is 1. The Balaban J connectivity index is 1.78. The van der Waals surface area contributed by atoms with E-state index in [2.05, 4.69) is 10.5 Å². The number of benzene rings is 3. The van der Waals surface area contributed by atoms with Gasteiger partial charge in [0.15, 0.2) is 0 Å². The predicted octanol–water partition coefficient (Wildman–Crippen LogP) is 3.84. The maximum Gasteiger partial charge on any atom is 0.273 e. The molecule has 0 aromatic heterocycles. The molecule has 0 atom stereocenters. The number of nitro groups is 1. The Morgan fingerprint density at radius 2 is 1.89 bits per heavy atom. The lowest BCUT2D eigenvalue weighted by atomic mass is 10.0. The molecule has 3 rings (SSSR count). The maximum absolute atomic E-state index is 12.2. The Morgan fingerprint density at radius 3 is 2.68 bits per heavy atom. The first-order chi connectivity index (χ1) is 13.6. The van der Waals surface area contributed by atoms with E-state index in [1.54, 1.807) is 18.2 Å². The fraction of sp³-hybridized carbons (Fsp3) is 0.143. The second kappa shape index (κ2) is 8.77. The number of para-hydroxylation sites is 1. The Hall–Kier alpha value is -3.74. The minimum absolute atomic E-state index is 0.0886. The zero-order valence-electron chi connectivity index (χ0n) is 15.3. The molecule has 3 aromatic carbocycles. The number of hydrogen-bond donors (Lipinski definition) is 1. The fourth-order valence-corrected chi connectivity index (χ4v) is 2.91. The SMILES string of the molecule is CCOc1ccc2ccccc2c1C=NNC(=O)Cc1ccccc1[N+](=O)[O-]. The van der Waals surface area contributed by atoms with Crippen LogP contribution in [0.2, 0.25) is 0 Å². The van der Waals surface area contributed by atoms with Gasteiger partial charge in [0, 0.05) is 17.2 Å². The van der Waals surface area contributed by atoms with E-state index in [9.17, 15) is 14.9 Å². The lowest BCUT2D eigenvalue weighted by Gasteiger charge is -2.10. The van der Waals surface area contributed by atoms with E-state index in [1.165, 1.54) is 12.3 Å². The molecule has 28 heavy (non-hydrogen) atoms. The topological polar surface area (TPSA) is 93.8 Å². The van der Waals surface area contributed by atoms with Crippen LogP contribution >= 0.6 is 0 Å². The summed E-state index contributed by atoms with van der Waals surface area (Å²) >= 11 is 0. The van der Waals surface area contributed by atoms with Crippen molar-refractivity contribution < 1.29 is 14.5 Å². The highest BCUT2D eigenvalue weighted by Crippen LogP contribution is 2.26. The third-order valence-corrected chi connectivity index (χ3v) is 4.15. The van der Waals surface area contributed by atoms with Crippen molar-refractivity contribution >= 4 is 28.6 Å². The lowest BCUT2D eigenvalue weighted by molar-refractivity contribution is -0.385.